The Morgan fingerprint density at radius 1 is 1.16 bits per heavy atom. The molecule has 19 heavy (non-hydrogen) atoms. The molecular weight excluding hydrogens is 240 g/mol. The van der Waals surface area contributed by atoms with E-state index in [1.165, 1.54) is 19.3 Å². The van der Waals surface area contributed by atoms with Crippen LogP contribution in [0.3, 0.4) is 0 Å². The van der Waals surface area contributed by atoms with Gasteiger partial charge < -0.3 is 9.47 Å². The summed E-state index contributed by atoms with van der Waals surface area (Å²) < 4.78 is 10.6. The van der Waals surface area contributed by atoms with Gasteiger partial charge in [0.1, 0.15) is 11.9 Å². The van der Waals surface area contributed by atoms with E-state index in [1.807, 2.05) is 6.08 Å². The Morgan fingerprint density at radius 2 is 1.89 bits per heavy atom. The summed E-state index contributed by atoms with van der Waals surface area (Å²) in [5.41, 5.74) is 0. The van der Waals surface area contributed by atoms with Crippen molar-refractivity contribution in [1.29, 1.82) is 0 Å². The summed E-state index contributed by atoms with van der Waals surface area (Å²) in [7, 11) is 0. The lowest BCUT2D eigenvalue weighted by atomic mass is 10.1. The van der Waals surface area contributed by atoms with Crippen molar-refractivity contribution in [1.82, 2.24) is 0 Å². The molecule has 0 aromatic rings. The van der Waals surface area contributed by atoms with Crippen LogP contribution in [-0.4, -0.2) is 12.3 Å². The minimum absolute atomic E-state index is 0.0791. The monoisotopic (exact) mass is 268 g/mol. The lowest BCUT2D eigenvalue weighted by Gasteiger charge is -2.13. The van der Waals surface area contributed by atoms with Gasteiger partial charge in [-0.15, -0.1) is 0 Å². The van der Waals surface area contributed by atoms with Crippen molar-refractivity contribution in [3.63, 3.8) is 0 Å². The van der Waals surface area contributed by atoms with Gasteiger partial charge in [0.2, 0.25) is 0 Å². The summed E-state index contributed by atoms with van der Waals surface area (Å²) in [6.07, 6.45) is 12.3. The molecule has 0 atom stereocenters. The molecule has 1 aliphatic carbocycles. The number of hydrogen-bond acceptors (Lipinski definition) is 3. The molecule has 0 aliphatic heterocycles. The van der Waals surface area contributed by atoms with Crippen LogP contribution in [0.25, 0.3) is 0 Å². The summed E-state index contributed by atoms with van der Waals surface area (Å²) in [6.45, 7) is 4.25. The predicted molar refractivity (Wildman–Crippen MR) is 77.0 cm³/mol. The number of carbonyl (C=O) groups excluding carboxylic acids is 1. The minimum atomic E-state index is -0.512. The molecule has 1 saturated carbocycles. The zero-order chi connectivity index (χ0) is 13.9. The molecule has 0 aromatic carbocycles. The third-order valence-corrected chi connectivity index (χ3v) is 3.49. The van der Waals surface area contributed by atoms with Gasteiger partial charge in [0.25, 0.3) is 0 Å². The summed E-state index contributed by atoms with van der Waals surface area (Å²) in [5, 5.41) is 0. The lowest BCUT2D eigenvalue weighted by Crippen LogP contribution is -2.15. The van der Waals surface area contributed by atoms with Crippen molar-refractivity contribution in [2.75, 3.05) is 0 Å². The quantitative estimate of drug-likeness (QED) is 0.338. The molecule has 0 radical (unpaired) electrons. The van der Waals surface area contributed by atoms with Crippen LogP contribution in [0.1, 0.15) is 78.1 Å². The Labute approximate surface area is 117 Å². The van der Waals surface area contributed by atoms with Gasteiger partial charge in [0.15, 0.2) is 0 Å². The fourth-order valence-electron chi connectivity index (χ4n) is 2.42. The van der Waals surface area contributed by atoms with Crippen molar-refractivity contribution < 1.29 is 14.3 Å². The third kappa shape index (κ3) is 7.24. The second-order valence-electron chi connectivity index (χ2n) is 5.27. The summed E-state index contributed by atoms with van der Waals surface area (Å²) in [4.78, 5) is 11.7. The summed E-state index contributed by atoms with van der Waals surface area (Å²) in [6, 6.07) is 0. The van der Waals surface area contributed by atoms with Gasteiger partial charge in [0.05, 0.1) is 0 Å². The average molecular weight is 268 g/mol. The van der Waals surface area contributed by atoms with E-state index >= 15 is 0 Å². The van der Waals surface area contributed by atoms with Crippen LogP contribution in [0.15, 0.2) is 11.8 Å². The Morgan fingerprint density at radius 3 is 2.53 bits per heavy atom. The van der Waals surface area contributed by atoms with E-state index < -0.39 is 6.16 Å². The molecular formula is C16H28O3. The standard InChI is InChI=1S/C16H28O3/c1-3-5-6-7-11-14(10-4-2)18-16(17)19-15-12-8-9-13-15/h10,15H,3-9,11-13H2,1-2H3. The molecule has 0 amide bonds. The molecule has 0 saturated heterocycles. The van der Waals surface area contributed by atoms with Crippen LogP contribution in [0.4, 0.5) is 4.79 Å². The Kier molecular flexibility index (Phi) is 8.35. The van der Waals surface area contributed by atoms with Crippen LogP contribution < -0.4 is 0 Å². The largest absolute Gasteiger partial charge is 0.513 e. The van der Waals surface area contributed by atoms with Crippen molar-refractivity contribution in [3.8, 4) is 0 Å². The molecule has 110 valence electrons. The Hall–Kier alpha value is -0.990. The van der Waals surface area contributed by atoms with Crippen molar-refractivity contribution in [3.05, 3.63) is 11.8 Å². The normalized spacial score (nSPS) is 16.6. The van der Waals surface area contributed by atoms with Crippen LogP contribution in [-0.2, 0) is 9.47 Å². The molecule has 0 spiro atoms. The van der Waals surface area contributed by atoms with Gasteiger partial charge in [0, 0.05) is 6.42 Å². The Bertz CT molecular complexity index is 278. The molecule has 3 nitrogen and oxygen atoms in total. The molecule has 1 fully saturated rings. The third-order valence-electron chi connectivity index (χ3n) is 3.49. The SMILES string of the molecule is CCC=C(CCCCCC)OC(=O)OC1CCCC1. The van der Waals surface area contributed by atoms with E-state index in [-0.39, 0.29) is 6.10 Å². The predicted octanol–water partition coefficient (Wildman–Crippen LogP) is 5.35. The second-order valence-corrected chi connectivity index (χ2v) is 5.27. The van der Waals surface area contributed by atoms with Crippen LogP contribution in [0.2, 0.25) is 0 Å². The van der Waals surface area contributed by atoms with E-state index in [4.69, 9.17) is 9.47 Å². The number of hydrogen-bond donors (Lipinski definition) is 0. The Balaban J connectivity index is 2.26. The molecule has 0 N–H and O–H groups in total. The van der Waals surface area contributed by atoms with E-state index in [0.29, 0.717) is 0 Å². The zero-order valence-corrected chi connectivity index (χ0v) is 12.5. The highest BCUT2D eigenvalue weighted by molar-refractivity contribution is 5.61. The topological polar surface area (TPSA) is 35.5 Å². The highest BCUT2D eigenvalue weighted by Gasteiger charge is 2.20. The second kappa shape index (κ2) is 9.88. The van der Waals surface area contributed by atoms with Crippen molar-refractivity contribution >= 4 is 6.16 Å². The zero-order valence-electron chi connectivity index (χ0n) is 12.5. The number of carbonyl (C=O) groups is 1. The molecule has 0 bridgehead atoms. The summed E-state index contributed by atoms with van der Waals surface area (Å²) in [5.74, 6) is 0.779. The lowest BCUT2D eigenvalue weighted by molar-refractivity contribution is 0.0414. The number of unbranched alkanes of at least 4 members (excludes halogenated alkanes) is 3. The molecule has 1 rings (SSSR count). The number of rotatable bonds is 8. The molecule has 1 aliphatic rings. The summed E-state index contributed by atoms with van der Waals surface area (Å²) >= 11 is 0. The van der Waals surface area contributed by atoms with Gasteiger partial charge in [-0.05, 0) is 44.6 Å². The van der Waals surface area contributed by atoms with E-state index in [2.05, 4.69) is 13.8 Å². The smallest absolute Gasteiger partial charge is 0.431 e. The van der Waals surface area contributed by atoms with Crippen LogP contribution >= 0.6 is 0 Å². The van der Waals surface area contributed by atoms with Gasteiger partial charge in [-0.2, -0.15) is 0 Å². The fourth-order valence-corrected chi connectivity index (χ4v) is 2.42. The van der Waals surface area contributed by atoms with Crippen molar-refractivity contribution in [2.24, 2.45) is 0 Å². The van der Waals surface area contributed by atoms with E-state index in [0.717, 1.165) is 50.7 Å². The fraction of sp³-hybridized carbons (Fsp3) is 0.812. The number of allylic oxidation sites excluding steroid dienone is 2. The van der Waals surface area contributed by atoms with Gasteiger partial charge in [-0.1, -0.05) is 33.1 Å². The maximum absolute atomic E-state index is 11.7. The average Bonchev–Trinajstić information content (AvgIpc) is 2.87. The van der Waals surface area contributed by atoms with Gasteiger partial charge in [-0.3, -0.25) is 0 Å². The first-order valence-electron chi connectivity index (χ1n) is 7.83. The maximum Gasteiger partial charge on any atom is 0.513 e. The minimum Gasteiger partial charge on any atom is -0.431 e. The molecule has 0 unspecified atom stereocenters. The first-order valence-corrected chi connectivity index (χ1v) is 7.83. The van der Waals surface area contributed by atoms with E-state index in [9.17, 15) is 4.79 Å². The van der Waals surface area contributed by atoms with Gasteiger partial charge >= 0.3 is 6.16 Å². The van der Waals surface area contributed by atoms with Gasteiger partial charge in [-0.25, -0.2) is 4.79 Å². The van der Waals surface area contributed by atoms with Crippen molar-refractivity contribution in [2.45, 2.75) is 84.2 Å². The highest BCUT2D eigenvalue weighted by Crippen LogP contribution is 2.22. The van der Waals surface area contributed by atoms with Crippen LogP contribution in [0, 0.1) is 0 Å². The first kappa shape index (κ1) is 16.1. The molecule has 3 heteroatoms. The maximum atomic E-state index is 11.7. The molecule has 0 aromatic heterocycles. The van der Waals surface area contributed by atoms with Crippen LogP contribution in [0.5, 0.6) is 0 Å². The molecule has 0 heterocycles. The highest BCUT2D eigenvalue weighted by atomic mass is 16.7. The first-order chi connectivity index (χ1) is 9.26. The van der Waals surface area contributed by atoms with E-state index in [1.54, 1.807) is 0 Å². The number of ether oxygens (including phenoxy) is 2.